The van der Waals surface area contributed by atoms with Gasteiger partial charge in [-0.1, -0.05) is 12.2 Å². The number of amides is 1. The monoisotopic (exact) mass is 329 g/mol. The smallest absolute Gasteiger partial charge is 0.329 e. The van der Waals surface area contributed by atoms with Crippen molar-refractivity contribution >= 4 is 11.9 Å². The topological polar surface area (TPSA) is 85.3 Å². The van der Waals surface area contributed by atoms with Crippen molar-refractivity contribution in [1.29, 1.82) is 0 Å². The lowest BCUT2D eigenvalue weighted by atomic mass is 10.0. The number of carbonyl (C=O) groups excluding carboxylic acids is 1. The van der Waals surface area contributed by atoms with Crippen molar-refractivity contribution in [3.8, 4) is 0 Å². The van der Waals surface area contributed by atoms with Gasteiger partial charge >= 0.3 is 5.97 Å². The third kappa shape index (κ3) is 8.11. The van der Waals surface area contributed by atoms with Crippen LogP contribution in [0, 0.1) is 0 Å². The van der Waals surface area contributed by atoms with Crippen LogP contribution in [-0.2, 0) is 23.8 Å². The van der Waals surface area contributed by atoms with Crippen LogP contribution >= 0.6 is 0 Å². The van der Waals surface area contributed by atoms with Gasteiger partial charge in [0.1, 0.15) is 6.61 Å². The van der Waals surface area contributed by atoms with E-state index in [0.29, 0.717) is 26.2 Å². The number of carboxylic acids is 1. The molecule has 7 nitrogen and oxygen atoms in total. The Labute approximate surface area is 137 Å². The van der Waals surface area contributed by atoms with Crippen molar-refractivity contribution in [1.82, 2.24) is 4.90 Å². The molecule has 2 atom stereocenters. The summed E-state index contributed by atoms with van der Waals surface area (Å²) in [4.78, 5) is 24.2. The molecule has 132 valence electrons. The standard InChI is InChI=1S/C16H27NO6/c1-3-22-13(2)23-11-14-7-6-8-15(18)17(14)9-4-5-10-21-12-16(19)20/h4-5,13-14H,3,6-12H2,1-2H3,(H,19,20)/b5-4-/t13?,14-/m1/s1. The Hall–Kier alpha value is -1.44. The number of carbonyl (C=O) groups is 2. The van der Waals surface area contributed by atoms with Gasteiger partial charge in [0, 0.05) is 19.6 Å². The average molecular weight is 329 g/mol. The predicted molar refractivity (Wildman–Crippen MR) is 84.0 cm³/mol. The Morgan fingerprint density at radius 2 is 2.22 bits per heavy atom. The number of likely N-dealkylation sites (tertiary alicyclic amines) is 1. The number of piperidine rings is 1. The Bertz CT molecular complexity index is 398. The van der Waals surface area contributed by atoms with Crippen molar-refractivity contribution in [2.24, 2.45) is 0 Å². The van der Waals surface area contributed by atoms with Gasteiger partial charge in [0.15, 0.2) is 6.29 Å². The van der Waals surface area contributed by atoms with Gasteiger partial charge in [-0.15, -0.1) is 0 Å². The van der Waals surface area contributed by atoms with Gasteiger partial charge < -0.3 is 24.2 Å². The molecule has 1 aliphatic rings. The Balaban J connectivity index is 2.39. The molecule has 0 aromatic carbocycles. The molecule has 0 aromatic heterocycles. The molecular formula is C16H27NO6. The molecule has 1 fully saturated rings. The van der Waals surface area contributed by atoms with Crippen LogP contribution in [0.1, 0.15) is 33.1 Å². The third-order valence-corrected chi connectivity index (χ3v) is 3.52. The fourth-order valence-corrected chi connectivity index (χ4v) is 2.42. The van der Waals surface area contributed by atoms with Crippen molar-refractivity contribution in [2.45, 2.75) is 45.4 Å². The summed E-state index contributed by atoms with van der Waals surface area (Å²) in [5.74, 6) is -0.879. The van der Waals surface area contributed by atoms with E-state index in [2.05, 4.69) is 0 Å². The second kappa shape index (κ2) is 11.2. The highest BCUT2D eigenvalue weighted by Crippen LogP contribution is 2.19. The van der Waals surface area contributed by atoms with Crippen LogP contribution < -0.4 is 0 Å². The van der Waals surface area contributed by atoms with E-state index in [1.54, 1.807) is 11.0 Å². The van der Waals surface area contributed by atoms with Crippen molar-refractivity contribution in [2.75, 3.05) is 33.0 Å². The molecule has 0 aromatic rings. The number of hydrogen-bond donors (Lipinski definition) is 1. The Morgan fingerprint density at radius 3 is 2.91 bits per heavy atom. The molecule has 0 aliphatic carbocycles. The molecule has 1 heterocycles. The number of rotatable bonds is 11. The number of nitrogens with zero attached hydrogens (tertiary/aromatic N) is 1. The summed E-state index contributed by atoms with van der Waals surface area (Å²) in [6.07, 6.45) is 5.61. The number of hydrogen-bond acceptors (Lipinski definition) is 5. The van der Waals surface area contributed by atoms with Crippen LogP contribution in [0.15, 0.2) is 12.2 Å². The molecule has 0 saturated carbocycles. The zero-order valence-corrected chi connectivity index (χ0v) is 13.9. The predicted octanol–water partition coefficient (Wildman–Crippen LogP) is 1.42. The molecule has 0 radical (unpaired) electrons. The lowest BCUT2D eigenvalue weighted by molar-refractivity contribution is -0.152. The van der Waals surface area contributed by atoms with Gasteiger partial charge in [0.2, 0.25) is 5.91 Å². The van der Waals surface area contributed by atoms with Crippen molar-refractivity contribution < 1.29 is 28.9 Å². The SMILES string of the molecule is CCOC(C)OC[C@H]1CCCC(=O)N1C/C=C\COCC(=O)O. The summed E-state index contributed by atoms with van der Waals surface area (Å²) in [5, 5.41) is 8.46. The molecule has 7 heteroatoms. The van der Waals surface area contributed by atoms with E-state index >= 15 is 0 Å². The Kier molecular flexibility index (Phi) is 9.51. The molecule has 1 amide bonds. The number of carboxylic acid groups (broad SMARTS) is 1. The molecule has 1 rings (SSSR count). The molecule has 1 unspecified atom stereocenters. The van der Waals surface area contributed by atoms with Crippen molar-refractivity contribution in [3.05, 3.63) is 12.2 Å². The largest absolute Gasteiger partial charge is 0.480 e. The normalized spacial score (nSPS) is 20.2. The third-order valence-electron chi connectivity index (χ3n) is 3.52. The zero-order chi connectivity index (χ0) is 17.1. The summed E-state index contributed by atoms with van der Waals surface area (Å²) in [6.45, 7) is 5.18. The maximum atomic E-state index is 12.1. The lowest BCUT2D eigenvalue weighted by Crippen LogP contribution is -2.46. The lowest BCUT2D eigenvalue weighted by Gasteiger charge is -2.35. The fourth-order valence-electron chi connectivity index (χ4n) is 2.42. The fraction of sp³-hybridized carbons (Fsp3) is 0.750. The van der Waals surface area contributed by atoms with E-state index in [4.69, 9.17) is 19.3 Å². The first kappa shape index (κ1) is 19.6. The van der Waals surface area contributed by atoms with Gasteiger partial charge in [0.05, 0.1) is 19.3 Å². The van der Waals surface area contributed by atoms with E-state index in [0.717, 1.165) is 12.8 Å². The van der Waals surface area contributed by atoms with E-state index < -0.39 is 5.97 Å². The average Bonchev–Trinajstić information content (AvgIpc) is 2.50. The highest BCUT2D eigenvalue weighted by Gasteiger charge is 2.27. The maximum Gasteiger partial charge on any atom is 0.329 e. The minimum absolute atomic E-state index is 0.0451. The first-order valence-corrected chi connectivity index (χ1v) is 8.01. The Morgan fingerprint density at radius 1 is 1.43 bits per heavy atom. The van der Waals surface area contributed by atoms with Crippen LogP contribution in [0.3, 0.4) is 0 Å². The molecule has 1 aliphatic heterocycles. The van der Waals surface area contributed by atoms with Gasteiger partial charge in [-0.3, -0.25) is 4.79 Å². The minimum atomic E-state index is -0.995. The molecule has 0 spiro atoms. The summed E-state index contributed by atoms with van der Waals surface area (Å²) in [6, 6.07) is 0.0451. The molecular weight excluding hydrogens is 302 g/mol. The summed E-state index contributed by atoms with van der Waals surface area (Å²) >= 11 is 0. The van der Waals surface area contributed by atoms with Crippen LogP contribution in [0.5, 0.6) is 0 Å². The first-order valence-electron chi connectivity index (χ1n) is 8.01. The van der Waals surface area contributed by atoms with E-state index in [1.165, 1.54) is 0 Å². The van der Waals surface area contributed by atoms with Gasteiger partial charge in [0.25, 0.3) is 0 Å². The maximum absolute atomic E-state index is 12.1. The van der Waals surface area contributed by atoms with Gasteiger partial charge in [-0.05, 0) is 26.7 Å². The van der Waals surface area contributed by atoms with Gasteiger partial charge in [-0.25, -0.2) is 4.79 Å². The second-order valence-corrected chi connectivity index (χ2v) is 5.33. The van der Waals surface area contributed by atoms with Crippen molar-refractivity contribution in [3.63, 3.8) is 0 Å². The molecule has 23 heavy (non-hydrogen) atoms. The highest BCUT2D eigenvalue weighted by atomic mass is 16.7. The van der Waals surface area contributed by atoms with Crippen LogP contribution in [0.4, 0.5) is 0 Å². The number of ether oxygens (including phenoxy) is 3. The van der Waals surface area contributed by atoms with E-state index in [1.807, 2.05) is 19.9 Å². The molecule has 0 bridgehead atoms. The minimum Gasteiger partial charge on any atom is -0.480 e. The van der Waals surface area contributed by atoms with E-state index in [-0.39, 0.29) is 31.5 Å². The second-order valence-electron chi connectivity index (χ2n) is 5.33. The summed E-state index contributed by atoms with van der Waals surface area (Å²) in [7, 11) is 0. The number of aliphatic carboxylic acids is 1. The zero-order valence-electron chi connectivity index (χ0n) is 13.9. The first-order chi connectivity index (χ1) is 11.0. The van der Waals surface area contributed by atoms with Gasteiger partial charge in [-0.2, -0.15) is 0 Å². The molecule has 1 saturated heterocycles. The van der Waals surface area contributed by atoms with E-state index in [9.17, 15) is 9.59 Å². The summed E-state index contributed by atoms with van der Waals surface area (Å²) in [5.41, 5.74) is 0. The van der Waals surface area contributed by atoms with Crippen LogP contribution in [-0.4, -0.2) is 67.2 Å². The van der Waals surface area contributed by atoms with Crippen LogP contribution in [0.2, 0.25) is 0 Å². The summed E-state index contributed by atoms with van der Waals surface area (Å²) < 4.78 is 15.9. The quantitative estimate of drug-likeness (QED) is 0.351. The van der Waals surface area contributed by atoms with Crippen LogP contribution in [0.25, 0.3) is 0 Å². The molecule has 1 N–H and O–H groups in total. The highest BCUT2D eigenvalue weighted by molar-refractivity contribution is 5.77.